The van der Waals surface area contributed by atoms with E-state index in [1.54, 1.807) is 0 Å². The Morgan fingerprint density at radius 2 is 1.86 bits per heavy atom. The van der Waals surface area contributed by atoms with Gasteiger partial charge in [0.2, 0.25) is 0 Å². The minimum absolute atomic E-state index is 0.853. The lowest BCUT2D eigenvalue weighted by atomic mass is 10.1. The van der Waals surface area contributed by atoms with Gasteiger partial charge in [0.1, 0.15) is 0 Å². The summed E-state index contributed by atoms with van der Waals surface area (Å²) in [6.07, 6.45) is 2.24. The van der Waals surface area contributed by atoms with Crippen molar-refractivity contribution in [3.05, 3.63) is 50.4 Å². The lowest BCUT2D eigenvalue weighted by Gasteiger charge is -2.07. The standard InChI is InChI=1S/C17H24IN3/c1-4-10-19-11-9-17-13(2)20-21(14(17)3)12-15-5-7-16(18)8-6-15/h5-8,19H,4,9-12H2,1-3H3. The molecule has 2 aromatic rings. The molecule has 1 aromatic heterocycles. The van der Waals surface area contributed by atoms with Crippen LogP contribution in [0, 0.1) is 17.4 Å². The van der Waals surface area contributed by atoms with Crippen molar-refractivity contribution in [3.63, 3.8) is 0 Å². The summed E-state index contributed by atoms with van der Waals surface area (Å²) < 4.78 is 3.40. The van der Waals surface area contributed by atoms with Crippen LogP contribution in [0.2, 0.25) is 0 Å². The number of aryl methyl sites for hydroxylation is 1. The van der Waals surface area contributed by atoms with Gasteiger partial charge in [-0.15, -0.1) is 0 Å². The smallest absolute Gasteiger partial charge is 0.0662 e. The molecule has 0 fully saturated rings. The molecule has 3 nitrogen and oxygen atoms in total. The van der Waals surface area contributed by atoms with E-state index < -0.39 is 0 Å². The maximum Gasteiger partial charge on any atom is 0.0662 e. The van der Waals surface area contributed by atoms with Crippen LogP contribution in [-0.4, -0.2) is 22.9 Å². The highest BCUT2D eigenvalue weighted by atomic mass is 127. The molecule has 1 aromatic carbocycles. The van der Waals surface area contributed by atoms with Gasteiger partial charge in [0, 0.05) is 9.26 Å². The minimum Gasteiger partial charge on any atom is -0.316 e. The van der Waals surface area contributed by atoms with E-state index in [-0.39, 0.29) is 0 Å². The Balaban J connectivity index is 2.05. The van der Waals surface area contributed by atoms with Gasteiger partial charge in [0.25, 0.3) is 0 Å². The van der Waals surface area contributed by atoms with Gasteiger partial charge in [-0.25, -0.2) is 0 Å². The second kappa shape index (κ2) is 7.94. The zero-order valence-corrected chi connectivity index (χ0v) is 15.3. The molecule has 0 aliphatic carbocycles. The first-order chi connectivity index (χ1) is 10.1. The Morgan fingerprint density at radius 1 is 1.14 bits per heavy atom. The van der Waals surface area contributed by atoms with Gasteiger partial charge in [-0.1, -0.05) is 19.1 Å². The van der Waals surface area contributed by atoms with Gasteiger partial charge in [0.05, 0.1) is 12.2 Å². The van der Waals surface area contributed by atoms with Crippen LogP contribution in [0.5, 0.6) is 0 Å². The maximum atomic E-state index is 4.71. The van der Waals surface area contributed by atoms with Crippen molar-refractivity contribution in [2.75, 3.05) is 13.1 Å². The molecule has 4 heteroatoms. The Hall–Kier alpha value is -0.880. The predicted octanol–water partition coefficient (Wildman–Crippen LogP) is 3.69. The van der Waals surface area contributed by atoms with Crippen LogP contribution >= 0.6 is 22.6 Å². The summed E-state index contributed by atoms with van der Waals surface area (Å²) in [6, 6.07) is 8.66. The summed E-state index contributed by atoms with van der Waals surface area (Å²) in [5, 5.41) is 8.18. The highest BCUT2D eigenvalue weighted by Gasteiger charge is 2.11. The average molecular weight is 397 g/mol. The first-order valence-electron chi connectivity index (χ1n) is 7.60. The van der Waals surface area contributed by atoms with Gasteiger partial charge in [-0.2, -0.15) is 5.10 Å². The van der Waals surface area contributed by atoms with E-state index >= 15 is 0 Å². The monoisotopic (exact) mass is 397 g/mol. The number of benzene rings is 1. The minimum atomic E-state index is 0.853. The molecule has 0 unspecified atom stereocenters. The Bertz CT molecular complexity index is 572. The highest BCUT2D eigenvalue weighted by molar-refractivity contribution is 14.1. The molecule has 0 amide bonds. The van der Waals surface area contributed by atoms with Crippen molar-refractivity contribution in [3.8, 4) is 0 Å². The molecule has 0 bridgehead atoms. The zero-order chi connectivity index (χ0) is 15.2. The second-order valence-electron chi connectivity index (χ2n) is 5.43. The summed E-state index contributed by atoms with van der Waals surface area (Å²) >= 11 is 2.34. The molecule has 21 heavy (non-hydrogen) atoms. The van der Waals surface area contributed by atoms with Gasteiger partial charge in [0.15, 0.2) is 0 Å². The lowest BCUT2D eigenvalue weighted by molar-refractivity contribution is 0.653. The third-order valence-corrected chi connectivity index (χ3v) is 4.47. The molecule has 0 aliphatic rings. The molecule has 2 rings (SSSR count). The Morgan fingerprint density at radius 3 is 2.52 bits per heavy atom. The largest absolute Gasteiger partial charge is 0.316 e. The van der Waals surface area contributed by atoms with Gasteiger partial charge < -0.3 is 5.32 Å². The number of aromatic nitrogens is 2. The van der Waals surface area contributed by atoms with Crippen LogP contribution in [0.25, 0.3) is 0 Å². The SMILES string of the molecule is CCCNCCc1c(C)nn(Cc2ccc(I)cc2)c1C. The van der Waals surface area contributed by atoms with Gasteiger partial charge in [-0.3, -0.25) is 4.68 Å². The van der Waals surface area contributed by atoms with E-state index in [9.17, 15) is 0 Å². The Kier molecular flexibility index (Phi) is 6.23. The molecule has 0 saturated carbocycles. The van der Waals surface area contributed by atoms with Crippen LogP contribution in [0.1, 0.15) is 35.9 Å². The quantitative estimate of drug-likeness (QED) is 0.571. The molecule has 114 valence electrons. The van der Waals surface area contributed by atoms with Gasteiger partial charge in [-0.05, 0) is 85.6 Å². The van der Waals surface area contributed by atoms with E-state index in [2.05, 4.69) is 77.6 Å². The van der Waals surface area contributed by atoms with Crippen LogP contribution in [0.4, 0.5) is 0 Å². The molecule has 0 aliphatic heterocycles. The molecule has 1 heterocycles. The van der Waals surface area contributed by atoms with E-state index in [0.717, 1.165) is 31.7 Å². The normalized spacial score (nSPS) is 11.0. The fourth-order valence-electron chi connectivity index (χ4n) is 2.53. The molecular formula is C17H24IN3. The first-order valence-corrected chi connectivity index (χ1v) is 8.67. The molecule has 1 N–H and O–H groups in total. The summed E-state index contributed by atoms with van der Waals surface area (Å²) in [5.41, 5.74) is 5.15. The summed E-state index contributed by atoms with van der Waals surface area (Å²) in [7, 11) is 0. The highest BCUT2D eigenvalue weighted by Crippen LogP contribution is 2.16. The fourth-order valence-corrected chi connectivity index (χ4v) is 2.89. The number of hydrogen-bond acceptors (Lipinski definition) is 2. The zero-order valence-electron chi connectivity index (χ0n) is 13.1. The van der Waals surface area contributed by atoms with Crippen LogP contribution in [0.3, 0.4) is 0 Å². The molecular weight excluding hydrogens is 373 g/mol. The van der Waals surface area contributed by atoms with Crippen molar-refractivity contribution >= 4 is 22.6 Å². The van der Waals surface area contributed by atoms with Crippen molar-refractivity contribution in [1.29, 1.82) is 0 Å². The summed E-state index contributed by atoms with van der Waals surface area (Å²) in [4.78, 5) is 0. The van der Waals surface area contributed by atoms with Crippen molar-refractivity contribution < 1.29 is 0 Å². The van der Waals surface area contributed by atoms with Crippen molar-refractivity contribution in [2.45, 2.75) is 40.2 Å². The molecule has 0 spiro atoms. The second-order valence-corrected chi connectivity index (χ2v) is 6.68. The number of hydrogen-bond donors (Lipinski definition) is 1. The number of nitrogens with zero attached hydrogens (tertiary/aromatic N) is 2. The van der Waals surface area contributed by atoms with E-state index in [0.29, 0.717) is 0 Å². The van der Waals surface area contributed by atoms with E-state index in [1.165, 1.54) is 26.8 Å². The van der Waals surface area contributed by atoms with Gasteiger partial charge >= 0.3 is 0 Å². The molecule has 0 saturated heterocycles. The summed E-state index contributed by atoms with van der Waals surface area (Å²) in [5.74, 6) is 0. The van der Waals surface area contributed by atoms with Crippen molar-refractivity contribution in [2.24, 2.45) is 0 Å². The van der Waals surface area contributed by atoms with E-state index in [4.69, 9.17) is 5.10 Å². The third kappa shape index (κ3) is 4.54. The van der Waals surface area contributed by atoms with Crippen LogP contribution < -0.4 is 5.32 Å². The van der Waals surface area contributed by atoms with Crippen LogP contribution in [-0.2, 0) is 13.0 Å². The topological polar surface area (TPSA) is 29.9 Å². The molecule has 0 atom stereocenters. The Labute approximate surface area is 141 Å². The number of nitrogens with one attached hydrogen (secondary N) is 1. The van der Waals surface area contributed by atoms with Crippen molar-refractivity contribution in [1.82, 2.24) is 15.1 Å². The van der Waals surface area contributed by atoms with Crippen LogP contribution in [0.15, 0.2) is 24.3 Å². The first kappa shape index (κ1) is 16.5. The maximum absolute atomic E-state index is 4.71. The third-order valence-electron chi connectivity index (χ3n) is 3.76. The average Bonchev–Trinajstić information content (AvgIpc) is 2.73. The predicted molar refractivity (Wildman–Crippen MR) is 96.8 cm³/mol. The lowest BCUT2D eigenvalue weighted by Crippen LogP contribution is -2.18. The summed E-state index contributed by atoms with van der Waals surface area (Å²) in [6.45, 7) is 9.47. The number of halogens is 1. The fraction of sp³-hybridized carbons (Fsp3) is 0.471. The van der Waals surface area contributed by atoms with E-state index in [1.807, 2.05) is 0 Å². The number of rotatable bonds is 7. The molecule has 0 radical (unpaired) electrons.